The highest BCUT2D eigenvalue weighted by Crippen LogP contribution is 2.27. The summed E-state index contributed by atoms with van der Waals surface area (Å²) in [4.78, 5) is 12.1. The van der Waals surface area contributed by atoms with Crippen molar-refractivity contribution in [1.82, 2.24) is 0 Å². The smallest absolute Gasteiger partial charge is 0.276 e. The van der Waals surface area contributed by atoms with Crippen LogP contribution in [0.15, 0.2) is 53.6 Å². The summed E-state index contributed by atoms with van der Waals surface area (Å²) in [6, 6.07) is 15.6. The number of rotatable bonds is 3. The van der Waals surface area contributed by atoms with Crippen LogP contribution in [0.3, 0.4) is 0 Å². The monoisotopic (exact) mass is 279 g/mol. The molecule has 4 heteroatoms. The minimum atomic E-state index is -0.172. The second-order valence-electron chi connectivity index (χ2n) is 5.35. The average molecular weight is 279 g/mol. The number of carbonyl (C=O) groups excluding carboxylic acids is 1. The van der Waals surface area contributed by atoms with Crippen molar-refractivity contribution in [3.8, 4) is 0 Å². The van der Waals surface area contributed by atoms with Crippen LogP contribution in [0.5, 0.6) is 0 Å². The molecule has 0 spiro atoms. The number of hydrazone groups is 1. The number of benzene rings is 2. The lowest BCUT2D eigenvalue weighted by molar-refractivity contribution is -0.110. The van der Waals surface area contributed by atoms with E-state index in [-0.39, 0.29) is 5.91 Å². The Morgan fingerprint density at radius 2 is 1.86 bits per heavy atom. The molecule has 0 saturated carbocycles. The number of para-hydroxylation sites is 1. The molecule has 1 aliphatic heterocycles. The summed E-state index contributed by atoms with van der Waals surface area (Å²) in [7, 11) is 0. The molecule has 0 unspecified atom stereocenters. The van der Waals surface area contributed by atoms with E-state index in [4.69, 9.17) is 0 Å². The Labute approximate surface area is 123 Å². The largest absolute Gasteiger partial charge is 0.320 e. The highest BCUT2D eigenvalue weighted by molar-refractivity contribution is 6.53. The molecule has 0 fully saturated rings. The fraction of sp³-hybridized carbons (Fsp3) is 0.176. The van der Waals surface area contributed by atoms with Crippen molar-refractivity contribution in [2.75, 3.05) is 10.7 Å². The van der Waals surface area contributed by atoms with Crippen molar-refractivity contribution in [1.29, 1.82) is 0 Å². The summed E-state index contributed by atoms with van der Waals surface area (Å²) >= 11 is 0. The van der Waals surface area contributed by atoms with Gasteiger partial charge in [-0.3, -0.25) is 10.2 Å². The van der Waals surface area contributed by atoms with Gasteiger partial charge < -0.3 is 5.32 Å². The Balaban J connectivity index is 1.90. The van der Waals surface area contributed by atoms with Crippen LogP contribution in [0.4, 0.5) is 11.4 Å². The first-order chi connectivity index (χ1) is 10.1. The van der Waals surface area contributed by atoms with E-state index in [2.05, 4.69) is 29.7 Å². The fourth-order valence-electron chi connectivity index (χ4n) is 2.28. The summed E-state index contributed by atoms with van der Waals surface area (Å²) in [6.45, 7) is 4.26. The van der Waals surface area contributed by atoms with Crippen LogP contribution in [0.25, 0.3) is 0 Å². The zero-order valence-corrected chi connectivity index (χ0v) is 12.1. The number of nitrogens with one attached hydrogen (secondary N) is 2. The molecule has 0 aromatic heterocycles. The van der Waals surface area contributed by atoms with Crippen LogP contribution in [-0.2, 0) is 4.79 Å². The molecule has 1 heterocycles. The van der Waals surface area contributed by atoms with Crippen LogP contribution >= 0.6 is 0 Å². The van der Waals surface area contributed by atoms with Gasteiger partial charge in [0.25, 0.3) is 5.91 Å². The van der Waals surface area contributed by atoms with Gasteiger partial charge in [-0.25, -0.2) is 0 Å². The van der Waals surface area contributed by atoms with Crippen molar-refractivity contribution in [3.63, 3.8) is 0 Å². The van der Waals surface area contributed by atoms with Gasteiger partial charge in [-0.15, -0.1) is 0 Å². The Morgan fingerprint density at radius 3 is 2.57 bits per heavy atom. The van der Waals surface area contributed by atoms with E-state index in [0.717, 1.165) is 16.9 Å². The minimum absolute atomic E-state index is 0.172. The topological polar surface area (TPSA) is 53.5 Å². The molecule has 106 valence electrons. The number of carbonyl (C=O) groups is 1. The van der Waals surface area contributed by atoms with Crippen molar-refractivity contribution in [2.24, 2.45) is 5.10 Å². The molecule has 0 aliphatic carbocycles. The van der Waals surface area contributed by atoms with E-state index in [1.165, 1.54) is 5.56 Å². The number of nitrogens with zero attached hydrogens (tertiary/aromatic N) is 1. The minimum Gasteiger partial charge on any atom is -0.320 e. The van der Waals surface area contributed by atoms with Crippen LogP contribution in [0.1, 0.15) is 30.9 Å². The number of hydrogen-bond acceptors (Lipinski definition) is 3. The summed E-state index contributed by atoms with van der Waals surface area (Å²) in [5.41, 5.74) is 7.07. The van der Waals surface area contributed by atoms with Crippen LogP contribution in [-0.4, -0.2) is 11.6 Å². The van der Waals surface area contributed by atoms with Gasteiger partial charge in [0.05, 0.1) is 11.4 Å². The molecule has 1 aliphatic rings. The highest BCUT2D eigenvalue weighted by atomic mass is 16.2. The van der Waals surface area contributed by atoms with E-state index in [0.29, 0.717) is 11.6 Å². The molecule has 21 heavy (non-hydrogen) atoms. The molecular weight excluding hydrogens is 262 g/mol. The molecule has 1 amide bonds. The van der Waals surface area contributed by atoms with Gasteiger partial charge in [0.15, 0.2) is 5.71 Å². The van der Waals surface area contributed by atoms with Crippen LogP contribution in [0, 0.1) is 0 Å². The maximum absolute atomic E-state index is 12.1. The SMILES string of the molecule is CC(C)c1ccc2c(c1)NC(=O)C2=NNc1ccccc1. The lowest BCUT2D eigenvalue weighted by atomic mass is 10.00. The average Bonchev–Trinajstić information content (AvgIpc) is 2.80. The maximum Gasteiger partial charge on any atom is 0.276 e. The zero-order valence-electron chi connectivity index (χ0n) is 12.1. The third kappa shape index (κ3) is 2.65. The first kappa shape index (κ1) is 13.4. The lowest BCUT2D eigenvalue weighted by Gasteiger charge is -2.07. The Kier molecular flexibility index (Phi) is 3.44. The summed E-state index contributed by atoms with van der Waals surface area (Å²) in [6.07, 6.45) is 0. The van der Waals surface area contributed by atoms with Gasteiger partial charge in [-0.05, 0) is 29.7 Å². The predicted octanol–water partition coefficient (Wildman–Crippen LogP) is 3.58. The van der Waals surface area contributed by atoms with E-state index >= 15 is 0 Å². The van der Waals surface area contributed by atoms with Gasteiger partial charge in [0, 0.05) is 5.56 Å². The Bertz CT molecular complexity index is 705. The summed E-state index contributed by atoms with van der Waals surface area (Å²) in [5, 5.41) is 7.11. The van der Waals surface area contributed by atoms with Crippen LogP contribution in [0.2, 0.25) is 0 Å². The molecular formula is C17H17N3O. The van der Waals surface area contributed by atoms with Crippen LogP contribution < -0.4 is 10.7 Å². The standard InChI is InChI=1S/C17H17N3O/c1-11(2)12-8-9-14-15(10-12)18-17(21)16(14)20-19-13-6-4-3-5-7-13/h3-11,19H,1-2H3,(H,18,20,21). The normalized spacial score (nSPS) is 15.2. The Morgan fingerprint density at radius 1 is 1.10 bits per heavy atom. The number of anilines is 2. The van der Waals surface area contributed by atoms with Crippen molar-refractivity contribution >= 4 is 23.0 Å². The Hall–Kier alpha value is -2.62. The third-order valence-corrected chi connectivity index (χ3v) is 3.50. The molecule has 2 N–H and O–H groups in total. The predicted molar refractivity (Wildman–Crippen MR) is 85.8 cm³/mol. The van der Waals surface area contributed by atoms with Gasteiger partial charge in [-0.1, -0.05) is 44.2 Å². The molecule has 3 rings (SSSR count). The number of amides is 1. The number of hydrogen-bond donors (Lipinski definition) is 2. The van der Waals surface area contributed by atoms with E-state index in [1.54, 1.807) is 0 Å². The van der Waals surface area contributed by atoms with Crippen molar-refractivity contribution < 1.29 is 4.79 Å². The van der Waals surface area contributed by atoms with E-state index in [9.17, 15) is 4.79 Å². The van der Waals surface area contributed by atoms with E-state index < -0.39 is 0 Å². The van der Waals surface area contributed by atoms with Gasteiger partial charge in [-0.2, -0.15) is 5.10 Å². The summed E-state index contributed by atoms with van der Waals surface area (Å²) in [5.74, 6) is 0.255. The molecule has 2 aromatic carbocycles. The van der Waals surface area contributed by atoms with E-state index in [1.807, 2.05) is 48.5 Å². The van der Waals surface area contributed by atoms with Crippen molar-refractivity contribution in [2.45, 2.75) is 19.8 Å². The quantitative estimate of drug-likeness (QED) is 0.844. The first-order valence-corrected chi connectivity index (χ1v) is 6.99. The molecule has 4 nitrogen and oxygen atoms in total. The third-order valence-electron chi connectivity index (χ3n) is 3.50. The van der Waals surface area contributed by atoms with Gasteiger partial charge in [0.2, 0.25) is 0 Å². The molecule has 2 aromatic rings. The van der Waals surface area contributed by atoms with Crippen molar-refractivity contribution in [3.05, 3.63) is 59.7 Å². The van der Waals surface area contributed by atoms with Gasteiger partial charge in [0.1, 0.15) is 0 Å². The second kappa shape index (κ2) is 5.40. The molecule has 0 radical (unpaired) electrons. The molecule has 0 bridgehead atoms. The maximum atomic E-state index is 12.1. The zero-order chi connectivity index (χ0) is 14.8. The lowest BCUT2D eigenvalue weighted by Crippen LogP contribution is -2.15. The molecule has 0 atom stereocenters. The molecule has 0 saturated heterocycles. The first-order valence-electron chi connectivity index (χ1n) is 6.99. The summed E-state index contributed by atoms with van der Waals surface area (Å²) < 4.78 is 0. The fourth-order valence-corrected chi connectivity index (χ4v) is 2.28. The highest BCUT2D eigenvalue weighted by Gasteiger charge is 2.26. The number of fused-ring (bicyclic) bond motifs is 1. The van der Waals surface area contributed by atoms with Gasteiger partial charge >= 0.3 is 0 Å². The second-order valence-corrected chi connectivity index (χ2v) is 5.35.